The summed E-state index contributed by atoms with van der Waals surface area (Å²) in [6.07, 6.45) is 0. The topological polar surface area (TPSA) is 20.2 Å². The van der Waals surface area contributed by atoms with Crippen molar-refractivity contribution in [2.75, 3.05) is 6.61 Å². The molecule has 0 aliphatic heterocycles. The van der Waals surface area contributed by atoms with Gasteiger partial charge in [-0.1, -0.05) is 13.8 Å². The maximum absolute atomic E-state index is 8.14. The molecule has 1 nitrogen and oxygen atoms in total. The van der Waals surface area contributed by atoms with E-state index in [2.05, 4.69) is 0 Å². The fraction of sp³-hybridized carbons (Fsp3) is 1.00. The Hall–Kier alpha value is 1.70. The molecule has 0 aliphatic carbocycles. The minimum atomic E-state index is 0. The van der Waals surface area contributed by atoms with Crippen LogP contribution >= 0.6 is 0 Å². The largest absolute Gasteiger partial charge is 1.00 e. The van der Waals surface area contributed by atoms with Crippen LogP contribution in [0.4, 0.5) is 0 Å². The summed E-state index contributed by atoms with van der Waals surface area (Å²) >= 11 is 0. The van der Waals surface area contributed by atoms with Crippen LogP contribution in [0, 0.1) is 5.92 Å². The first kappa shape index (κ1) is 31.0. The SMILES string of the molecule is CC(C)CO.[Cl-].[Cl-].[Cl-].[Hf]. The third kappa shape index (κ3) is 42.0. The molecule has 9 heavy (non-hydrogen) atoms. The molecule has 0 amide bonds. The maximum atomic E-state index is 8.14. The molecule has 0 heterocycles. The maximum Gasteiger partial charge on any atom is 0.0453 e. The summed E-state index contributed by atoms with van der Waals surface area (Å²) in [7, 11) is 0. The van der Waals surface area contributed by atoms with Crippen molar-refractivity contribution in [1.82, 2.24) is 0 Å². The first-order valence-corrected chi connectivity index (χ1v) is 1.88. The van der Waals surface area contributed by atoms with Crippen molar-refractivity contribution in [1.29, 1.82) is 0 Å². The summed E-state index contributed by atoms with van der Waals surface area (Å²) in [4.78, 5) is 0. The smallest absolute Gasteiger partial charge is 0.0453 e. The van der Waals surface area contributed by atoms with Gasteiger partial charge in [0.25, 0.3) is 0 Å². The van der Waals surface area contributed by atoms with Gasteiger partial charge in [-0.25, -0.2) is 0 Å². The van der Waals surface area contributed by atoms with Gasteiger partial charge < -0.3 is 42.3 Å². The van der Waals surface area contributed by atoms with E-state index in [0.717, 1.165) is 0 Å². The first-order valence-electron chi connectivity index (χ1n) is 1.88. The van der Waals surface area contributed by atoms with Crippen molar-refractivity contribution >= 4 is 0 Å². The van der Waals surface area contributed by atoms with Crippen LogP contribution < -0.4 is 37.2 Å². The molecule has 0 bridgehead atoms. The van der Waals surface area contributed by atoms with Gasteiger partial charge in [0.1, 0.15) is 0 Å². The second kappa shape index (κ2) is 22.6. The van der Waals surface area contributed by atoms with Gasteiger partial charge in [-0.3, -0.25) is 0 Å². The van der Waals surface area contributed by atoms with Crippen molar-refractivity contribution in [3.05, 3.63) is 0 Å². The predicted molar refractivity (Wildman–Crippen MR) is 21.9 cm³/mol. The Morgan fingerprint density at radius 1 is 1.11 bits per heavy atom. The number of hydrogen-bond acceptors (Lipinski definition) is 1. The van der Waals surface area contributed by atoms with E-state index in [1.54, 1.807) is 0 Å². The van der Waals surface area contributed by atoms with Gasteiger partial charge in [-0.05, 0) is 5.92 Å². The second-order valence-corrected chi connectivity index (χ2v) is 1.58. The van der Waals surface area contributed by atoms with Crippen LogP contribution in [0.1, 0.15) is 13.8 Å². The molecular formula is C4H10Cl3HfO-3. The van der Waals surface area contributed by atoms with Crippen LogP contribution in [0.2, 0.25) is 0 Å². The minimum absolute atomic E-state index is 0. The Morgan fingerprint density at radius 3 is 1.22 bits per heavy atom. The zero-order chi connectivity index (χ0) is 4.28. The molecule has 0 rings (SSSR count). The van der Waals surface area contributed by atoms with Crippen LogP contribution in [0.15, 0.2) is 0 Å². The quantitative estimate of drug-likeness (QED) is 0.462. The van der Waals surface area contributed by atoms with E-state index in [4.69, 9.17) is 5.11 Å². The molecule has 1 N–H and O–H groups in total. The van der Waals surface area contributed by atoms with Crippen LogP contribution in [0.3, 0.4) is 0 Å². The van der Waals surface area contributed by atoms with Gasteiger partial charge >= 0.3 is 0 Å². The van der Waals surface area contributed by atoms with Gasteiger partial charge in [0.15, 0.2) is 0 Å². The van der Waals surface area contributed by atoms with Gasteiger partial charge in [-0.15, -0.1) is 0 Å². The van der Waals surface area contributed by atoms with E-state index in [9.17, 15) is 0 Å². The van der Waals surface area contributed by atoms with E-state index in [0.29, 0.717) is 12.5 Å². The summed E-state index contributed by atoms with van der Waals surface area (Å²) < 4.78 is 0. The van der Waals surface area contributed by atoms with Gasteiger partial charge in [-0.2, -0.15) is 0 Å². The van der Waals surface area contributed by atoms with E-state index < -0.39 is 0 Å². The Balaban J connectivity index is -0.0000000133. The van der Waals surface area contributed by atoms with Crippen LogP contribution in [-0.4, -0.2) is 11.7 Å². The summed E-state index contributed by atoms with van der Waals surface area (Å²) in [5.74, 6) is 0.440. The number of rotatable bonds is 1. The average Bonchev–Trinajstić information content (AvgIpc) is 1.38. The van der Waals surface area contributed by atoms with E-state index in [1.165, 1.54) is 0 Å². The Kier molecular flexibility index (Phi) is 77.8. The van der Waals surface area contributed by atoms with Gasteiger partial charge in [0, 0.05) is 32.5 Å². The van der Waals surface area contributed by atoms with Crippen molar-refractivity contribution in [2.24, 2.45) is 5.92 Å². The monoisotopic (exact) mass is 359 g/mol. The molecule has 0 aromatic carbocycles. The molecule has 0 spiro atoms. The van der Waals surface area contributed by atoms with Crippen LogP contribution in [-0.2, 0) is 25.8 Å². The molecule has 0 fully saturated rings. The Bertz CT molecular complexity index is 29.8. The van der Waals surface area contributed by atoms with Crippen molar-refractivity contribution in [3.63, 3.8) is 0 Å². The standard InChI is InChI=1S/C4H10O.3ClH.Hf/c1-4(2)3-5;;;;/h4-5H,3H2,1-2H3;3*1H;/p-3. The normalized spacial score (nSPS) is 5.33. The Labute approximate surface area is 94.0 Å². The molecule has 0 radical (unpaired) electrons. The third-order valence-electron chi connectivity index (χ3n) is 0.365. The summed E-state index contributed by atoms with van der Waals surface area (Å²) in [5.41, 5.74) is 0. The van der Waals surface area contributed by atoms with E-state index in [-0.39, 0.29) is 63.1 Å². The second-order valence-electron chi connectivity index (χ2n) is 1.58. The first-order chi connectivity index (χ1) is 2.27. The molecule has 0 aliphatic rings. The molecule has 0 saturated carbocycles. The van der Waals surface area contributed by atoms with Crippen molar-refractivity contribution < 1.29 is 68.2 Å². The summed E-state index contributed by atoms with van der Waals surface area (Å²) in [6, 6.07) is 0. The van der Waals surface area contributed by atoms with Gasteiger partial charge in [0.05, 0.1) is 0 Å². The molecule has 0 aromatic heterocycles. The fourth-order valence-electron chi connectivity index (χ4n) is 0. The van der Waals surface area contributed by atoms with E-state index >= 15 is 0 Å². The third-order valence-corrected chi connectivity index (χ3v) is 0.365. The van der Waals surface area contributed by atoms with Crippen molar-refractivity contribution in [3.8, 4) is 0 Å². The van der Waals surface area contributed by atoms with Crippen LogP contribution in [0.25, 0.3) is 0 Å². The molecular weight excluding hydrogens is 349 g/mol. The van der Waals surface area contributed by atoms with Crippen molar-refractivity contribution in [2.45, 2.75) is 13.8 Å². The molecule has 60 valence electrons. The molecule has 5 heteroatoms. The molecule has 0 unspecified atom stereocenters. The zero-order valence-corrected chi connectivity index (χ0v) is 11.2. The zero-order valence-electron chi connectivity index (χ0n) is 5.37. The Morgan fingerprint density at radius 2 is 1.22 bits per heavy atom. The van der Waals surface area contributed by atoms with Crippen LogP contribution in [0.5, 0.6) is 0 Å². The van der Waals surface area contributed by atoms with E-state index in [1.807, 2.05) is 13.8 Å². The number of hydrogen-bond donors (Lipinski definition) is 1. The average molecular weight is 359 g/mol. The number of aliphatic hydroxyl groups is 1. The fourth-order valence-corrected chi connectivity index (χ4v) is 0. The molecule has 0 saturated heterocycles. The van der Waals surface area contributed by atoms with Gasteiger partial charge in [0.2, 0.25) is 0 Å². The number of halogens is 3. The summed E-state index contributed by atoms with van der Waals surface area (Å²) in [5, 5.41) is 8.14. The minimum Gasteiger partial charge on any atom is -1.00 e. The molecule has 0 aromatic rings. The number of aliphatic hydroxyl groups excluding tert-OH is 1. The summed E-state index contributed by atoms with van der Waals surface area (Å²) in [6.45, 7) is 4.25. The molecule has 0 atom stereocenters. The predicted octanol–water partition coefficient (Wildman–Crippen LogP) is -8.36.